The van der Waals surface area contributed by atoms with E-state index in [-0.39, 0.29) is 81.1 Å². The van der Waals surface area contributed by atoms with Crippen LogP contribution in [0.2, 0.25) is 0 Å². The van der Waals surface area contributed by atoms with Gasteiger partial charge in [-0.05, 0) is 42.4 Å². The number of benzene rings is 6. The molecule has 9 aromatic rings. The smallest absolute Gasteiger partial charge is 0.164 e. The summed E-state index contributed by atoms with van der Waals surface area (Å²) in [6.45, 7) is 0. The third kappa shape index (κ3) is 3.83. The van der Waals surface area contributed by atoms with Crippen molar-refractivity contribution in [3.05, 3.63) is 145 Å². The molecule has 206 valence electrons. The minimum absolute atomic E-state index is 0.0955. The zero-order valence-electron chi connectivity index (χ0n) is 33.7. The minimum atomic E-state index is -0.541. The third-order valence-corrected chi connectivity index (χ3v) is 7.49. The van der Waals surface area contributed by atoms with E-state index in [1.807, 2.05) is 6.07 Å². The van der Waals surface area contributed by atoms with Crippen LogP contribution in [-0.4, -0.2) is 19.5 Å². The van der Waals surface area contributed by atoms with Crippen LogP contribution in [0.1, 0.15) is 15.1 Å². The summed E-state index contributed by atoms with van der Waals surface area (Å²) in [6, 6.07) is 18.4. The molecule has 0 amide bonds. The molecule has 3 aromatic heterocycles. The molecule has 0 unspecified atom stereocenters. The Morgan fingerprint density at radius 1 is 0.500 bits per heavy atom. The highest BCUT2D eigenvalue weighted by molar-refractivity contribution is 6.14. The Labute approximate surface area is 268 Å². The lowest BCUT2D eigenvalue weighted by Gasteiger charge is -2.10. The van der Waals surface area contributed by atoms with Crippen LogP contribution in [0.3, 0.4) is 0 Å². The van der Waals surface area contributed by atoms with E-state index in [0.29, 0.717) is 38.8 Å². The highest BCUT2D eigenvalue weighted by atomic mass is 16.3. The molecule has 9 rings (SSSR count). The van der Waals surface area contributed by atoms with Gasteiger partial charge in [-0.1, -0.05) is 103 Å². The summed E-state index contributed by atoms with van der Waals surface area (Å²) in [7, 11) is 0. The van der Waals surface area contributed by atoms with Crippen molar-refractivity contribution in [2.24, 2.45) is 0 Å². The number of fused-ring (bicyclic) bond motifs is 6. The fourth-order valence-corrected chi connectivity index (χ4v) is 5.58. The maximum absolute atomic E-state index is 8.95. The van der Waals surface area contributed by atoms with E-state index in [4.69, 9.17) is 24.5 Å². The molecule has 0 bridgehead atoms. The van der Waals surface area contributed by atoms with Crippen molar-refractivity contribution < 1.29 is 19.5 Å². The van der Waals surface area contributed by atoms with Crippen molar-refractivity contribution in [1.82, 2.24) is 19.5 Å². The van der Waals surface area contributed by atoms with Crippen molar-refractivity contribution in [3.63, 3.8) is 0 Å². The highest BCUT2D eigenvalue weighted by Crippen LogP contribution is 2.39. The second kappa shape index (κ2) is 9.75. The van der Waals surface area contributed by atoms with Crippen LogP contribution < -0.4 is 0 Å². The fourth-order valence-electron chi connectivity index (χ4n) is 5.58. The number of hydrogen-bond donors (Lipinski definition) is 0. The molecule has 0 radical (unpaired) electrons. The first-order valence-electron chi connectivity index (χ1n) is 19.2. The summed E-state index contributed by atoms with van der Waals surface area (Å²) in [4.78, 5) is 14.0. The van der Waals surface area contributed by atoms with E-state index in [2.05, 4.69) is 9.97 Å². The van der Waals surface area contributed by atoms with Crippen LogP contribution >= 0.6 is 0 Å². The Hall–Kier alpha value is -6.07. The van der Waals surface area contributed by atoms with Gasteiger partial charge in [-0.2, -0.15) is 0 Å². The van der Waals surface area contributed by atoms with E-state index < -0.39 is 30.2 Å². The van der Waals surface area contributed by atoms with Gasteiger partial charge < -0.3 is 8.98 Å². The molecule has 0 aliphatic heterocycles. The van der Waals surface area contributed by atoms with E-state index in [1.54, 1.807) is 65.2 Å². The SMILES string of the molecule is [2H]c1cc([2H])c2c(c1[2H])c1c([2H])c([2H])cc([2H])c1n2-c1cccc2oc3ccc(-c4nc(-c5ccccc5)nc(-c5c([2H])c([2H])c([2H])c([2H])c5[2H])n4)cc3c12. The van der Waals surface area contributed by atoms with Crippen molar-refractivity contribution in [1.29, 1.82) is 0 Å². The Morgan fingerprint density at radius 2 is 1.18 bits per heavy atom. The summed E-state index contributed by atoms with van der Waals surface area (Å²) in [5, 5.41) is 1.39. The zero-order chi connectivity index (χ0) is 38.6. The molecule has 0 saturated carbocycles. The second-order valence-electron chi connectivity index (χ2n) is 10.0. The number of aromatic nitrogens is 4. The molecule has 0 saturated heterocycles. The predicted octanol–water partition coefficient (Wildman–Crippen LogP) is 9.87. The van der Waals surface area contributed by atoms with Crippen LogP contribution in [0.25, 0.3) is 83.6 Å². The topological polar surface area (TPSA) is 56.7 Å². The standard InChI is InChI=1S/C39H24N4O/c1-3-12-25(13-4-1)37-40-38(26-14-5-2-6-15-26)42-39(41-37)27-22-23-34-30(24-27)36-33(20-11-21-35(36)44-34)43-31-18-9-7-16-28(31)29-17-8-10-19-32(29)43/h1-24H/i1D,3D,4D,7D,8D,12D,13D,16D,17D,18D,19D. The Kier molecular flexibility index (Phi) is 3.54. The van der Waals surface area contributed by atoms with Crippen LogP contribution in [0.4, 0.5) is 0 Å². The van der Waals surface area contributed by atoms with Crippen LogP contribution in [0.5, 0.6) is 0 Å². The average molecular weight is 576 g/mol. The van der Waals surface area contributed by atoms with Crippen molar-refractivity contribution >= 4 is 43.7 Å². The van der Waals surface area contributed by atoms with Gasteiger partial charge in [0.2, 0.25) is 0 Å². The first kappa shape index (κ1) is 16.0. The summed E-state index contributed by atoms with van der Waals surface area (Å²) < 4.78 is 102. The van der Waals surface area contributed by atoms with Gasteiger partial charge in [0.1, 0.15) is 11.2 Å². The highest BCUT2D eigenvalue weighted by Gasteiger charge is 2.19. The van der Waals surface area contributed by atoms with Gasteiger partial charge in [-0.3, -0.25) is 0 Å². The molecule has 0 fully saturated rings. The van der Waals surface area contributed by atoms with Gasteiger partial charge in [0, 0.05) is 32.8 Å². The van der Waals surface area contributed by atoms with Crippen LogP contribution in [0.15, 0.2) is 150 Å². The first-order valence-corrected chi connectivity index (χ1v) is 13.7. The molecule has 5 heteroatoms. The molecule has 0 N–H and O–H groups in total. The number of hydrogen-bond acceptors (Lipinski definition) is 4. The lowest BCUT2D eigenvalue weighted by Crippen LogP contribution is -2.00. The number of para-hydroxylation sites is 2. The Bertz CT molecular complexity index is 3030. The number of nitrogens with zero attached hydrogens (tertiary/aromatic N) is 4. The quantitative estimate of drug-likeness (QED) is 0.210. The van der Waals surface area contributed by atoms with Crippen molar-refractivity contribution in [2.45, 2.75) is 0 Å². The summed E-state index contributed by atoms with van der Waals surface area (Å²) in [6.07, 6.45) is 0. The molecule has 0 aliphatic rings. The van der Waals surface area contributed by atoms with E-state index in [0.717, 1.165) is 0 Å². The largest absolute Gasteiger partial charge is 0.456 e. The zero-order valence-corrected chi connectivity index (χ0v) is 22.7. The van der Waals surface area contributed by atoms with Crippen molar-refractivity contribution in [2.75, 3.05) is 0 Å². The molecule has 0 aliphatic carbocycles. The average Bonchev–Trinajstić information content (AvgIpc) is 3.75. The molecular weight excluding hydrogens is 540 g/mol. The minimum Gasteiger partial charge on any atom is -0.456 e. The maximum atomic E-state index is 8.95. The lowest BCUT2D eigenvalue weighted by molar-refractivity contribution is 0.669. The van der Waals surface area contributed by atoms with Gasteiger partial charge in [0.15, 0.2) is 17.5 Å². The monoisotopic (exact) mass is 575 g/mol. The van der Waals surface area contributed by atoms with Gasteiger partial charge in [-0.25, -0.2) is 15.0 Å². The summed E-state index contributed by atoms with van der Waals surface area (Å²) in [5.41, 5.74) is 2.69. The van der Waals surface area contributed by atoms with Gasteiger partial charge in [0.25, 0.3) is 0 Å². The lowest BCUT2D eigenvalue weighted by atomic mass is 10.1. The Morgan fingerprint density at radius 3 is 1.91 bits per heavy atom. The van der Waals surface area contributed by atoms with E-state index in [1.165, 1.54) is 12.1 Å². The fraction of sp³-hybridized carbons (Fsp3) is 0. The predicted molar refractivity (Wildman–Crippen MR) is 178 cm³/mol. The van der Waals surface area contributed by atoms with Crippen LogP contribution in [0, 0.1) is 0 Å². The Balaban J connectivity index is 1.35. The summed E-state index contributed by atoms with van der Waals surface area (Å²) >= 11 is 0. The summed E-state index contributed by atoms with van der Waals surface area (Å²) in [5.74, 6) is 0.239. The first-order chi connectivity index (χ1) is 26.3. The molecule has 6 aromatic carbocycles. The molecule has 5 nitrogen and oxygen atoms in total. The van der Waals surface area contributed by atoms with Crippen LogP contribution in [-0.2, 0) is 0 Å². The number of furan rings is 1. The molecule has 0 spiro atoms. The normalized spacial score (nSPS) is 15.1. The maximum Gasteiger partial charge on any atom is 0.164 e. The number of rotatable bonds is 4. The molecule has 44 heavy (non-hydrogen) atoms. The van der Waals surface area contributed by atoms with Gasteiger partial charge in [-0.15, -0.1) is 0 Å². The van der Waals surface area contributed by atoms with Gasteiger partial charge in [0.05, 0.1) is 37.2 Å². The second-order valence-corrected chi connectivity index (χ2v) is 10.0. The van der Waals surface area contributed by atoms with E-state index >= 15 is 0 Å². The van der Waals surface area contributed by atoms with Crippen molar-refractivity contribution in [3.8, 4) is 39.9 Å². The van der Waals surface area contributed by atoms with E-state index in [9.17, 15) is 0 Å². The third-order valence-electron chi connectivity index (χ3n) is 7.49. The molecular formula is C39H24N4O. The molecule has 3 heterocycles. The molecule has 0 atom stereocenters. The van der Waals surface area contributed by atoms with Gasteiger partial charge >= 0.3 is 0 Å².